The number of hydrogen-bond donors (Lipinski definition) is 3. The van der Waals surface area contributed by atoms with Gasteiger partial charge in [0.2, 0.25) is 0 Å². The molecule has 0 unspecified atom stereocenters. The van der Waals surface area contributed by atoms with Gasteiger partial charge in [-0.2, -0.15) is 0 Å². The first kappa shape index (κ1) is 76.6. The Morgan fingerprint density at radius 2 is 1.04 bits per heavy atom. The first-order valence-electron chi connectivity index (χ1n) is 24.3. The van der Waals surface area contributed by atoms with Gasteiger partial charge in [-0.1, -0.05) is 58.0 Å². The molecule has 1 aliphatic rings. The number of carbonyl (C=O) groups excluding carboxylic acids is 3. The highest BCUT2D eigenvalue weighted by Crippen LogP contribution is 2.37. The maximum Gasteiger partial charge on any atom is 0.495 e. The molecule has 1 fully saturated rings. The number of rotatable bonds is 8. The number of ether oxygens (including phenoxy) is 1. The van der Waals surface area contributed by atoms with Crippen LogP contribution in [0.25, 0.3) is 0 Å². The van der Waals surface area contributed by atoms with Crippen LogP contribution in [0.1, 0.15) is 139 Å². The van der Waals surface area contributed by atoms with Gasteiger partial charge in [0.25, 0.3) is 18.1 Å². The van der Waals surface area contributed by atoms with Crippen LogP contribution in [0.4, 0.5) is 17.6 Å². The molecule has 0 aromatic carbocycles. The molecular weight excluding hydrogens is 1240 g/mol. The minimum atomic E-state index is -2.60. The van der Waals surface area contributed by atoms with E-state index < -0.39 is 53.8 Å². The molecule has 29 heteroatoms. The van der Waals surface area contributed by atoms with Crippen molar-refractivity contribution in [1.82, 2.24) is 34.9 Å². The third-order valence-corrected chi connectivity index (χ3v) is 13.2. The molecule has 453 valence electrons. The molecule has 8 rings (SSSR count). The van der Waals surface area contributed by atoms with Crippen molar-refractivity contribution in [1.29, 1.82) is 0 Å². The van der Waals surface area contributed by atoms with E-state index in [1.165, 1.54) is 50.2 Å². The van der Waals surface area contributed by atoms with E-state index in [1.54, 1.807) is 71.1 Å². The van der Waals surface area contributed by atoms with E-state index in [9.17, 15) is 41.5 Å². The van der Waals surface area contributed by atoms with Crippen molar-refractivity contribution in [3.63, 3.8) is 0 Å². The van der Waals surface area contributed by atoms with Crippen molar-refractivity contribution in [3.8, 4) is 0 Å². The van der Waals surface area contributed by atoms with Gasteiger partial charge in [0.1, 0.15) is 5.56 Å². The Kier molecular flexibility index (Phi) is 32.4. The van der Waals surface area contributed by atoms with Crippen LogP contribution in [0.5, 0.6) is 0 Å². The zero-order valence-corrected chi connectivity index (χ0v) is 52.3. The minimum absolute atomic E-state index is 0. The summed E-state index contributed by atoms with van der Waals surface area (Å²) in [6.45, 7) is 19.9. The van der Waals surface area contributed by atoms with Crippen molar-refractivity contribution < 1.29 is 61.0 Å². The molecule has 0 bridgehead atoms. The normalized spacial score (nSPS) is 12.2. The van der Waals surface area contributed by atoms with Gasteiger partial charge in [-0.05, 0) is 130 Å². The van der Waals surface area contributed by atoms with Crippen molar-refractivity contribution in [2.75, 3.05) is 7.11 Å². The number of nitrogens with zero attached hydrogens (tertiary/aromatic N) is 6. The maximum atomic E-state index is 13.0. The summed E-state index contributed by atoms with van der Waals surface area (Å²) in [6.07, 6.45) is 4.86. The number of aryl methyl sites for hydroxylation is 7. The lowest BCUT2D eigenvalue weighted by Gasteiger charge is -2.32. The lowest BCUT2D eigenvalue weighted by Crippen LogP contribution is -2.41. The Hall–Kier alpha value is -6.40. The van der Waals surface area contributed by atoms with Gasteiger partial charge in [0.05, 0.1) is 67.3 Å². The summed E-state index contributed by atoms with van der Waals surface area (Å²) in [7, 11) is 0.522. The number of aromatic nitrogens is 7. The van der Waals surface area contributed by atoms with Gasteiger partial charge in [0, 0.05) is 114 Å². The SMILES string of the molecule is COC(=O)c1cnc(C)cc1Cl.Cc1cc(=O)c(C(=O)O)c[nH]1.Cc1cc(B2OC(C)(C)C(C)(C)O2)c(C(F)F)cn1.Cc1cc(Cl)c(C(=O)Cl)cn1.Cc1cc(Cl)c(C(F)F)cn1.Cc1cc(Cl)c(C=O)cn1.Cc1cc(Cl)c(CO)cn1.[B]. The summed E-state index contributed by atoms with van der Waals surface area (Å²) in [6, 6.07) is 10.9. The van der Waals surface area contributed by atoms with Crippen LogP contribution in [0.3, 0.4) is 0 Å². The number of esters is 1. The number of carboxylic acids is 1. The number of carboxylic acid groups (broad SMARTS) is 1. The third-order valence-electron chi connectivity index (χ3n) is 11.4. The molecule has 3 radical (unpaired) electrons. The van der Waals surface area contributed by atoms with E-state index >= 15 is 0 Å². The third kappa shape index (κ3) is 24.8. The Morgan fingerprint density at radius 1 is 0.624 bits per heavy atom. The molecule has 0 spiro atoms. The zero-order valence-electron chi connectivity index (χ0n) is 47.8. The van der Waals surface area contributed by atoms with E-state index in [0.717, 1.165) is 29.0 Å². The van der Waals surface area contributed by atoms with Crippen molar-refractivity contribution in [2.45, 2.75) is 107 Å². The topological polar surface area (TPSA) is 247 Å². The molecule has 0 amide bonds. The molecule has 7 aromatic heterocycles. The number of hydrogen-bond acceptors (Lipinski definition) is 15. The van der Waals surface area contributed by atoms with Crippen LogP contribution in [-0.2, 0) is 20.7 Å². The molecule has 17 nitrogen and oxygen atoms in total. The van der Waals surface area contributed by atoms with E-state index in [4.69, 9.17) is 89.1 Å². The van der Waals surface area contributed by atoms with E-state index in [0.29, 0.717) is 65.6 Å². The van der Waals surface area contributed by atoms with Gasteiger partial charge >= 0.3 is 19.1 Å². The number of alkyl halides is 4. The number of aromatic carboxylic acids is 1. The number of pyridine rings is 7. The molecule has 3 N–H and O–H groups in total. The maximum absolute atomic E-state index is 13.0. The van der Waals surface area contributed by atoms with Gasteiger partial charge in [0.15, 0.2) is 11.7 Å². The molecule has 1 saturated heterocycles. The second kappa shape index (κ2) is 35.9. The van der Waals surface area contributed by atoms with E-state index in [2.05, 4.69) is 39.6 Å². The number of carbonyl (C=O) groups is 4. The fourth-order valence-electron chi connectivity index (χ4n) is 6.14. The first-order chi connectivity index (χ1) is 39.1. The van der Waals surface area contributed by atoms with Gasteiger partial charge < -0.3 is 29.2 Å². The summed E-state index contributed by atoms with van der Waals surface area (Å²) in [5.41, 5.74) is 5.05. The quantitative estimate of drug-likeness (QED) is 0.0421. The second-order valence-corrected chi connectivity index (χ2v) is 21.0. The van der Waals surface area contributed by atoms with E-state index in [-0.39, 0.29) is 42.3 Å². The predicted molar refractivity (Wildman–Crippen MR) is 322 cm³/mol. The monoisotopic (exact) mass is 1300 g/mol. The molecule has 1 aliphatic heterocycles. The Bertz CT molecular complexity index is 3450. The van der Waals surface area contributed by atoms with Crippen LogP contribution in [0.2, 0.25) is 25.1 Å². The standard InChI is InChI=1S/C13H18BF2NO2.C8H8ClNO2.C7H5Cl2NO.C7H6ClF2N.C7H8ClNO.C7H6ClNO.C7H7NO3.B/c1-8-6-10(9(7-17-8)11(15)16)14-18-12(2,3)13(4,5)19-14;1-5-3-7(9)6(4-10-5)8(11)12-2;1-4-2-6(8)5(3-10-4)7(9)11;1-4-2-6(8)5(3-11-4)7(9)10;2*1-5-2-7(8)6(4-10)3-9-5;1-4-2-6(9)5(3-8-4)7(10)11;/h6-7,11H,1-5H3;3-4H,1-2H3;2-3H,1H3;2-3,7H,1H3;2-3,10H,4H2,1H3;2-4H,1H3;2-3H,1H3,(H,8,9)(H,10,11);. The Morgan fingerprint density at radius 3 is 1.42 bits per heavy atom. The number of methoxy groups -OCH3 is 1. The fraction of sp³-hybridized carbons (Fsp3) is 0.304. The Balaban J connectivity index is 0.000000502. The number of H-pyrrole nitrogens is 1. The fourth-order valence-corrected chi connectivity index (χ4v) is 7.72. The molecular formula is C56H58B2Cl6F4N7O10. The highest BCUT2D eigenvalue weighted by Gasteiger charge is 2.52. The lowest BCUT2D eigenvalue weighted by molar-refractivity contribution is 0.00578. The van der Waals surface area contributed by atoms with Crippen LogP contribution in [0.15, 0.2) is 90.6 Å². The van der Waals surface area contributed by atoms with Crippen molar-refractivity contribution in [2.24, 2.45) is 0 Å². The first-order valence-corrected chi connectivity index (χ1v) is 26.6. The van der Waals surface area contributed by atoms with Crippen LogP contribution >= 0.6 is 69.6 Å². The number of aliphatic hydroxyl groups excluding tert-OH is 1. The van der Waals surface area contributed by atoms with Crippen LogP contribution in [-0.4, -0.2) is 102 Å². The average molecular weight is 1300 g/mol. The van der Waals surface area contributed by atoms with Gasteiger partial charge in [-0.15, -0.1) is 0 Å². The largest absolute Gasteiger partial charge is 0.495 e. The smallest absolute Gasteiger partial charge is 0.477 e. The number of nitrogens with one attached hydrogen (secondary N) is 1. The Labute approximate surface area is 520 Å². The molecule has 0 saturated carbocycles. The number of aldehydes is 1. The number of aromatic amines is 1. The zero-order chi connectivity index (χ0) is 64.0. The molecule has 7 aromatic rings. The summed E-state index contributed by atoms with van der Waals surface area (Å²) in [4.78, 5) is 78.9. The average Bonchev–Trinajstić information content (AvgIpc) is 2.00. The van der Waals surface area contributed by atoms with Crippen molar-refractivity contribution >= 4 is 114 Å². The summed E-state index contributed by atoms with van der Waals surface area (Å²) in [5, 5.41) is 18.4. The van der Waals surface area contributed by atoms with Gasteiger partial charge in [-0.25, -0.2) is 27.2 Å². The highest BCUT2D eigenvalue weighted by molar-refractivity contribution is 6.68. The molecule has 85 heavy (non-hydrogen) atoms. The number of aliphatic hydroxyl groups is 1. The molecule has 0 aliphatic carbocycles. The van der Waals surface area contributed by atoms with E-state index in [1.807, 2.05) is 41.5 Å². The van der Waals surface area contributed by atoms with Crippen molar-refractivity contribution in [3.05, 3.63) is 200 Å². The number of halogens is 10. The second-order valence-electron chi connectivity index (χ2n) is 18.6. The lowest BCUT2D eigenvalue weighted by atomic mass is 9.76. The summed E-state index contributed by atoms with van der Waals surface area (Å²) >= 11 is 33.5. The highest BCUT2D eigenvalue weighted by atomic mass is 35.5. The summed E-state index contributed by atoms with van der Waals surface area (Å²) in [5.74, 6) is -1.67. The molecule has 8 heterocycles. The minimum Gasteiger partial charge on any atom is -0.477 e. The molecule has 0 atom stereocenters. The van der Waals surface area contributed by atoms with Crippen LogP contribution < -0.4 is 10.9 Å². The van der Waals surface area contributed by atoms with Crippen LogP contribution in [0, 0.1) is 48.5 Å². The summed E-state index contributed by atoms with van der Waals surface area (Å²) < 4.78 is 66.3. The predicted octanol–water partition coefficient (Wildman–Crippen LogP) is 13.3. The van der Waals surface area contributed by atoms with Gasteiger partial charge in [-0.3, -0.25) is 44.3 Å².